The number of ether oxygens (including phenoxy) is 2. The normalized spacial score (nSPS) is 11.2. The molecule has 0 atom stereocenters. The van der Waals surface area contributed by atoms with Gasteiger partial charge in [-0.15, -0.1) is 10.2 Å². The van der Waals surface area contributed by atoms with Crippen molar-refractivity contribution >= 4 is 29.5 Å². The molecule has 0 aliphatic carbocycles. The lowest BCUT2D eigenvalue weighted by Gasteiger charge is -2.11. The maximum atomic E-state index is 11.5. The number of nitro benzene ring substituents is 1. The Kier molecular flexibility index (Phi) is 5.60. The smallest absolute Gasteiger partial charge is 0.342 e. The number of aromatic nitrogens is 2. The molecule has 0 aliphatic heterocycles. The molecule has 25 heavy (non-hydrogen) atoms. The Labute approximate surface area is 145 Å². The summed E-state index contributed by atoms with van der Waals surface area (Å²) in [6.07, 6.45) is 1.21. The van der Waals surface area contributed by atoms with Crippen LogP contribution in [0.2, 0.25) is 0 Å². The Morgan fingerprint density at radius 2 is 2.08 bits per heavy atom. The number of carboxylic acids is 1. The highest BCUT2D eigenvalue weighted by Gasteiger charge is 2.20. The van der Waals surface area contributed by atoms with E-state index in [0.717, 1.165) is 0 Å². The van der Waals surface area contributed by atoms with Crippen LogP contribution >= 0.6 is 11.8 Å². The lowest BCUT2D eigenvalue weighted by atomic mass is 10.1. The van der Waals surface area contributed by atoms with E-state index >= 15 is 0 Å². The molecule has 2 rings (SSSR count). The summed E-state index contributed by atoms with van der Waals surface area (Å²) >= 11 is 0.714. The summed E-state index contributed by atoms with van der Waals surface area (Å²) in [5, 5.41) is 27.8. The fourth-order valence-corrected chi connectivity index (χ4v) is 2.59. The second-order valence-corrected chi connectivity index (χ2v) is 5.52. The molecule has 11 heteroatoms. The van der Waals surface area contributed by atoms with Crippen molar-refractivity contribution in [3.8, 4) is 11.5 Å². The number of aryl methyl sites for hydroxylation is 1. The first kappa shape index (κ1) is 18.3. The minimum atomic E-state index is -1.27. The molecule has 0 saturated carbocycles. The van der Waals surface area contributed by atoms with E-state index in [-0.39, 0.29) is 38.8 Å². The number of non-ortho nitro benzene ring substituents is 1. The Morgan fingerprint density at radius 1 is 1.36 bits per heavy atom. The van der Waals surface area contributed by atoms with E-state index in [1.165, 1.54) is 32.4 Å². The molecule has 0 amide bonds. The van der Waals surface area contributed by atoms with Crippen LogP contribution in [0.3, 0.4) is 0 Å². The molecule has 0 unspecified atom stereocenters. The molecule has 0 aliphatic rings. The fourth-order valence-electron chi connectivity index (χ4n) is 1.88. The van der Waals surface area contributed by atoms with E-state index in [9.17, 15) is 20.0 Å². The van der Waals surface area contributed by atoms with Crippen LogP contribution in [-0.4, -0.2) is 40.4 Å². The molecule has 0 radical (unpaired) electrons. The number of hydrogen-bond acceptors (Lipinski definition) is 9. The number of rotatable bonds is 7. The Hall–Kier alpha value is -3.08. The third-order valence-electron chi connectivity index (χ3n) is 2.91. The van der Waals surface area contributed by atoms with E-state index in [2.05, 4.69) is 10.2 Å². The first-order valence-electron chi connectivity index (χ1n) is 6.69. The highest BCUT2D eigenvalue weighted by molar-refractivity contribution is 8.03. The monoisotopic (exact) mass is 367 g/mol. The lowest BCUT2D eigenvalue weighted by Crippen LogP contribution is -2.00. The van der Waals surface area contributed by atoms with Crippen LogP contribution < -0.4 is 9.47 Å². The van der Waals surface area contributed by atoms with E-state index in [0.29, 0.717) is 11.8 Å². The van der Waals surface area contributed by atoms with Crippen molar-refractivity contribution in [3.05, 3.63) is 38.6 Å². The third kappa shape index (κ3) is 4.26. The molecular formula is C14H13N3O7S. The molecule has 1 N–H and O–H groups in total. The molecule has 1 aromatic heterocycles. The van der Waals surface area contributed by atoms with Gasteiger partial charge in [-0.3, -0.25) is 10.1 Å². The second kappa shape index (κ2) is 7.66. The summed E-state index contributed by atoms with van der Waals surface area (Å²) in [7, 11) is 2.67. The summed E-state index contributed by atoms with van der Waals surface area (Å²) in [6.45, 7) is 1.57. The van der Waals surface area contributed by atoms with E-state index < -0.39 is 10.9 Å². The standard InChI is InChI=1S/C14H13N3O7S/c1-7-15-16-14(24-7)25-11(13(18)19)5-8-4-9(17(20)21)6-10(22-2)12(8)23-3/h4-6H,1-3H3,(H,18,19)/b11-5+. The Balaban J connectivity index is 2.55. The van der Waals surface area contributed by atoms with Crippen LogP contribution in [0.5, 0.6) is 11.5 Å². The van der Waals surface area contributed by atoms with Crippen molar-refractivity contribution in [2.75, 3.05) is 14.2 Å². The Morgan fingerprint density at radius 3 is 2.56 bits per heavy atom. The summed E-state index contributed by atoms with van der Waals surface area (Å²) in [5.41, 5.74) is -0.109. The van der Waals surface area contributed by atoms with Crippen LogP contribution in [0.15, 0.2) is 26.7 Å². The highest BCUT2D eigenvalue weighted by atomic mass is 32.2. The summed E-state index contributed by atoms with van der Waals surface area (Å²) in [5.74, 6) is -0.726. The number of hydrogen-bond donors (Lipinski definition) is 1. The first-order chi connectivity index (χ1) is 11.8. The van der Waals surface area contributed by atoms with E-state index in [4.69, 9.17) is 13.9 Å². The summed E-state index contributed by atoms with van der Waals surface area (Å²) in [4.78, 5) is 21.8. The van der Waals surface area contributed by atoms with Gasteiger partial charge in [-0.25, -0.2) is 4.79 Å². The minimum Gasteiger partial charge on any atom is -0.493 e. The number of carboxylic acid groups (broad SMARTS) is 1. The predicted molar refractivity (Wildman–Crippen MR) is 86.7 cm³/mol. The molecule has 1 heterocycles. The maximum absolute atomic E-state index is 11.5. The summed E-state index contributed by atoms with van der Waals surface area (Å²) in [6, 6.07) is 2.37. The van der Waals surface area contributed by atoms with Crippen molar-refractivity contribution in [2.45, 2.75) is 12.1 Å². The van der Waals surface area contributed by atoms with E-state index in [1.54, 1.807) is 6.92 Å². The van der Waals surface area contributed by atoms with Gasteiger partial charge in [0.15, 0.2) is 11.5 Å². The Bertz CT molecular complexity index is 847. The zero-order chi connectivity index (χ0) is 18.6. The minimum absolute atomic E-state index is 0.0301. The van der Waals surface area contributed by atoms with Gasteiger partial charge in [-0.05, 0) is 17.8 Å². The molecule has 0 saturated heterocycles. The molecule has 0 spiro atoms. The van der Waals surface area contributed by atoms with Crippen LogP contribution in [0.4, 0.5) is 5.69 Å². The van der Waals surface area contributed by atoms with Crippen molar-refractivity contribution in [1.82, 2.24) is 10.2 Å². The van der Waals surface area contributed by atoms with Gasteiger partial charge in [-0.1, -0.05) is 0 Å². The fraction of sp³-hybridized carbons (Fsp3) is 0.214. The van der Waals surface area contributed by atoms with Crippen molar-refractivity contribution in [3.63, 3.8) is 0 Å². The molecule has 10 nitrogen and oxygen atoms in total. The molecule has 1 aromatic carbocycles. The SMILES string of the molecule is COc1cc([N+](=O)[O-])cc(/C=C(/Sc2nnc(C)o2)C(=O)O)c1OC. The van der Waals surface area contributed by atoms with Gasteiger partial charge in [-0.2, -0.15) is 0 Å². The van der Waals surface area contributed by atoms with Crippen molar-refractivity contribution < 1.29 is 28.7 Å². The number of carbonyl (C=O) groups is 1. The van der Waals surface area contributed by atoms with Gasteiger partial charge in [0.05, 0.1) is 25.2 Å². The average molecular weight is 367 g/mol. The average Bonchev–Trinajstić information content (AvgIpc) is 2.98. The van der Waals surface area contributed by atoms with E-state index in [1.807, 2.05) is 0 Å². The third-order valence-corrected chi connectivity index (χ3v) is 3.76. The van der Waals surface area contributed by atoms with Gasteiger partial charge < -0.3 is 19.0 Å². The van der Waals surface area contributed by atoms with Gasteiger partial charge in [0.25, 0.3) is 10.9 Å². The number of nitro groups is 1. The van der Waals surface area contributed by atoms with Crippen LogP contribution in [0.25, 0.3) is 6.08 Å². The topological polar surface area (TPSA) is 138 Å². The van der Waals surface area contributed by atoms with Gasteiger partial charge in [0.1, 0.15) is 4.91 Å². The van der Waals surface area contributed by atoms with Gasteiger partial charge in [0, 0.05) is 18.6 Å². The second-order valence-electron chi connectivity index (χ2n) is 4.53. The van der Waals surface area contributed by atoms with Crippen molar-refractivity contribution in [1.29, 1.82) is 0 Å². The quantitative estimate of drug-likeness (QED) is 0.336. The lowest BCUT2D eigenvalue weighted by molar-refractivity contribution is -0.385. The molecule has 132 valence electrons. The zero-order valence-electron chi connectivity index (χ0n) is 13.4. The summed E-state index contributed by atoms with van der Waals surface area (Å²) < 4.78 is 15.4. The van der Waals surface area contributed by atoms with Crippen LogP contribution in [0, 0.1) is 17.0 Å². The molecular weight excluding hydrogens is 354 g/mol. The van der Waals surface area contributed by atoms with Crippen LogP contribution in [0.1, 0.15) is 11.5 Å². The van der Waals surface area contributed by atoms with Crippen LogP contribution in [-0.2, 0) is 4.79 Å². The zero-order valence-corrected chi connectivity index (χ0v) is 14.2. The number of benzene rings is 1. The first-order valence-corrected chi connectivity index (χ1v) is 7.50. The number of thioether (sulfide) groups is 1. The largest absolute Gasteiger partial charge is 0.493 e. The van der Waals surface area contributed by atoms with Gasteiger partial charge in [0.2, 0.25) is 5.89 Å². The highest BCUT2D eigenvalue weighted by Crippen LogP contribution is 2.38. The number of nitrogens with zero attached hydrogens (tertiary/aromatic N) is 3. The number of methoxy groups -OCH3 is 2. The molecule has 2 aromatic rings. The number of aliphatic carboxylic acids is 1. The van der Waals surface area contributed by atoms with Gasteiger partial charge >= 0.3 is 5.97 Å². The van der Waals surface area contributed by atoms with Crippen molar-refractivity contribution in [2.24, 2.45) is 0 Å². The molecule has 0 bridgehead atoms. The maximum Gasteiger partial charge on any atom is 0.342 e. The predicted octanol–water partition coefficient (Wildman–Crippen LogP) is 2.52. The molecule has 0 fully saturated rings.